The number of hydrogen-bond acceptors (Lipinski definition) is 5. The lowest BCUT2D eigenvalue weighted by molar-refractivity contribution is -0.132. The van der Waals surface area contributed by atoms with Crippen LogP contribution in [-0.2, 0) is 21.4 Å². The number of nitrogens with zero attached hydrogens (tertiary/aromatic N) is 3. The Labute approximate surface area is 194 Å². The first-order valence-corrected chi connectivity index (χ1v) is 13.9. The molecular formula is C23H32N4O3S2. The quantitative estimate of drug-likeness (QED) is 0.582. The molecule has 0 saturated carbocycles. The summed E-state index contributed by atoms with van der Waals surface area (Å²) in [6.45, 7) is 3.96. The van der Waals surface area contributed by atoms with Gasteiger partial charge in [0.15, 0.2) is 0 Å². The maximum atomic E-state index is 13.0. The lowest BCUT2D eigenvalue weighted by Crippen LogP contribution is -2.37. The molecule has 2 aromatic heterocycles. The molecule has 0 aromatic carbocycles. The van der Waals surface area contributed by atoms with Gasteiger partial charge in [0.2, 0.25) is 15.9 Å². The Hall–Kier alpha value is -1.97. The second kappa shape index (κ2) is 10.3. The first-order valence-electron chi connectivity index (χ1n) is 11.5. The highest BCUT2D eigenvalue weighted by molar-refractivity contribution is 7.89. The topological polar surface area (TPSA) is 84.3 Å². The van der Waals surface area contributed by atoms with Gasteiger partial charge in [-0.1, -0.05) is 11.6 Å². The fraction of sp³-hybridized carbons (Fsp3) is 0.565. The molecule has 7 nitrogen and oxygen atoms in total. The molecule has 1 amide bonds. The predicted octanol–water partition coefficient (Wildman–Crippen LogP) is 4.10. The van der Waals surface area contributed by atoms with Gasteiger partial charge in [-0.05, 0) is 64.4 Å². The summed E-state index contributed by atoms with van der Waals surface area (Å²) in [6, 6.07) is 1.64. The summed E-state index contributed by atoms with van der Waals surface area (Å²) in [5.41, 5.74) is 2.88. The molecule has 1 fully saturated rings. The molecule has 4 rings (SSSR count). The number of carbonyl (C=O) groups is 1. The van der Waals surface area contributed by atoms with Gasteiger partial charge in [-0.2, -0.15) is 0 Å². The van der Waals surface area contributed by atoms with Crippen molar-refractivity contribution in [1.29, 1.82) is 0 Å². The molecule has 1 saturated heterocycles. The van der Waals surface area contributed by atoms with Crippen molar-refractivity contribution in [2.75, 3.05) is 19.6 Å². The van der Waals surface area contributed by atoms with Gasteiger partial charge in [-0.25, -0.2) is 18.1 Å². The smallest absolute Gasteiger partial charge is 0.242 e. The summed E-state index contributed by atoms with van der Waals surface area (Å²) < 4.78 is 30.5. The normalized spacial score (nSPS) is 17.4. The predicted molar refractivity (Wildman–Crippen MR) is 127 cm³/mol. The molecule has 0 atom stereocenters. The monoisotopic (exact) mass is 476 g/mol. The SMILES string of the molecule is Cc1csc(-c2cc(S(=O)(=O)NCCC3=CCCCC3)cn2CC(=O)N2CCCCC2)n1. The van der Waals surface area contributed by atoms with E-state index in [0.29, 0.717) is 12.2 Å². The standard InChI is InChI=1S/C23H32N4O3S2/c1-18-17-31-23(25-18)21-14-20(15-27(21)16-22(28)26-12-6-3-7-13-26)32(29,30)24-11-10-19-8-4-2-5-9-19/h8,14-15,17,24H,2-7,9-13,16H2,1H3. The summed E-state index contributed by atoms with van der Waals surface area (Å²) in [7, 11) is -3.67. The Balaban J connectivity index is 1.52. The van der Waals surface area contributed by atoms with Crippen molar-refractivity contribution in [3.8, 4) is 10.7 Å². The van der Waals surface area contributed by atoms with Gasteiger partial charge < -0.3 is 9.47 Å². The zero-order valence-electron chi connectivity index (χ0n) is 18.7. The molecule has 1 aliphatic heterocycles. The highest BCUT2D eigenvalue weighted by Crippen LogP contribution is 2.28. The van der Waals surface area contributed by atoms with Crippen LogP contribution in [0.1, 0.15) is 57.1 Å². The number of aromatic nitrogens is 2. The highest BCUT2D eigenvalue weighted by Gasteiger charge is 2.23. The van der Waals surface area contributed by atoms with Crippen LogP contribution in [0.4, 0.5) is 0 Å². The summed E-state index contributed by atoms with van der Waals surface area (Å²) >= 11 is 1.46. The van der Waals surface area contributed by atoms with E-state index in [1.165, 1.54) is 29.8 Å². The lowest BCUT2D eigenvalue weighted by atomic mass is 9.97. The molecule has 2 aliphatic rings. The fourth-order valence-corrected chi connectivity index (χ4v) is 6.26. The van der Waals surface area contributed by atoms with Crippen LogP contribution >= 0.6 is 11.3 Å². The first-order chi connectivity index (χ1) is 15.4. The van der Waals surface area contributed by atoms with Gasteiger partial charge in [0.25, 0.3) is 0 Å². The zero-order chi connectivity index (χ0) is 22.6. The minimum absolute atomic E-state index is 0.0240. The van der Waals surface area contributed by atoms with Gasteiger partial charge in [-0.3, -0.25) is 4.79 Å². The number of amides is 1. The van der Waals surface area contributed by atoms with E-state index < -0.39 is 10.0 Å². The molecule has 32 heavy (non-hydrogen) atoms. The molecule has 2 aromatic rings. The average Bonchev–Trinajstić information content (AvgIpc) is 3.41. The number of allylic oxidation sites excluding steroid dienone is 1. The van der Waals surface area contributed by atoms with Crippen LogP contribution in [-0.4, -0.2) is 48.4 Å². The molecule has 1 aliphatic carbocycles. The third-order valence-electron chi connectivity index (χ3n) is 6.16. The Morgan fingerprint density at radius 3 is 2.69 bits per heavy atom. The van der Waals surface area contributed by atoms with Crippen molar-refractivity contribution in [3.63, 3.8) is 0 Å². The van der Waals surface area contributed by atoms with Crippen LogP contribution < -0.4 is 4.72 Å². The van der Waals surface area contributed by atoms with Gasteiger partial charge >= 0.3 is 0 Å². The Kier molecular flexibility index (Phi) is 7.48. The van der Waals surface area contributed by atoms with E-state index in [0.717, 1.165) is 62.3 Å². The number of rotatable bonds is 8. The third kappa shape index (κ3) is 5.68. The maximum Gasteiger partial charge on any atom is 0.242 e. The maximum absolute atomic E-state index is 13.0. The Bertz CT molecular complexity index is 1080. The van der Waals surface area contributed by atoms with E-state index in [1.807, 2.05) is 17.2 Å². The van der Waals surface area contributed by atoms with Crippen LogP contribution in [0.2, 0.25) is 0 Å². The molecule has 0 spiro atoms. The second-order valence-corrected chi connectivity index (χ2v) is 11.3. The van der Waals surface area contributed by atoms with Crippen LogP contribution in [0, 0.1) is 6.92 Å². The largest absolute Gasteiger partial charge is 0.341 e. The zero-order valence-corrected chi connectivity index (χ0v) is 20.3. The van der Waals surface area contributed by atoms with E-state index >= 15 is 0 Å². The minimum Gasteiger partial charge on any atom is -0.341 e. The molecule has 0 bridgehead atoms. The lowest BCUT2D eigenvalue weighted by Gasteiger charge is -2.27. The van der Waals surface area contributed by atoms with Crippen LogP contribution in [0.25, 0.3) is 10.7 Å². The second-order valence-electron chi connectivity index (χ2n) is 8.68. The molecule has 0 radical (unpaired) electrons. The summed E-state index contributed by atoms with van der Waals surface area (Å²) in [5.74, 6) is 0.0240. The van der Waals surface area contributed by atoms with Crippen molar-refractivity contribution in [1.82, 2.24) is 19.2 Å². The number of aryl methyl sites for hydroxylation is 1. The van der Waals surface area contributed by atoms with E-state index in [4.69, 9.17) is 0 Å². The van der Waals surface area contributed by atoms with Crippen LogP contribution in [0.3, 0.4) is 0 Å². The first kappa shape index (κ1) is 23.2. The number of thiazole rings is 1. The number of likely N-dealkylation sites (tertiary alicyclic amines) is 1. The van der Waals surface area contributed by atoms with Crippen molar-refractivity contribution >= 4 is 27.3 Å². The minimum atomic E-state index is -3.67. The Morgan fingerprint density at radius 2 is 2.00 bits per heavy atom. The molecule has 1 N–H and O–H groups in total. The van der Waals surface area contributed by atoms with Gasteiger partial charge in [0.1, 0.15) is 16.4 Å². The number of nitrogens with one attached hydrogen (secondary N) is 1. The van der Waals surface area contributed by atoms with Crippen LogP contribution in [0.5, 0.6) is 0 Å². The average molecular weight is 477 g/mol. The van der Waals surface area contributed by atoms with Crippen molar-refractivity contribution in [2.24, 2.45) is 0 Å². The van der Waals surface area contributed by atoms with Crippen molar-refractivity contribution in [2.45, 2.75) is 69.7 Å². The van der Waals surface area contributed by atoms with Gasteiger partial charge in [0, 0.05) is 36.9 Å². The third-order valence-corrected chi connectivity index (χ3v) is 8.57. The molecular weight excluding hydrogens is 444 g/mol. The summed E-state index contributed by atoms with van der Waals surface area (Å²) in [5, 5.41) is 2.66. The van der Waals surface area contributed by atoms with E-state index in [2.05, 4.69) is 15.8 Å². The fourth-order valence-electron chi connectivity index (χ4n) is 4.36. The van der Waals surface area contributed by atoms with E-state index in [-0.39, 0.29) is 17.3 Å². The van der Waals surface area contributed by atoms with Crippen molar-refractivity contribution < 1.29 is 13.2 Å². The molecule has 3 heterocycles. The number of piperidine rings is 1. The molecule has 0 unspecified atom stereocenters. The van der Waals surface area contributed by atoms with Gasteiger partial charge in [0.05, 0.1) is 5.69 Å². The number of sulfonamides is 1. The highest BCUT2D eigenvalue weighted by atomic mass is 32.2. The van der Waals surface area contributed by atoms with Gasteiger partial charge in [-0.15, -0.1) is 11.3 Å². The summed E-state index contributed by atoms with van der Waals surface area (Å²) in [6.07, 6.45) is 12.3. The number of carbonyl (C=O) groups excluding carboxylic acids is 1. The van der Waals surface area contributed by atoms with Crippen LogP contribution in [0.15, 0.2) is 34.2 Å². The molecule has 9 heteroatoms. The molecule has 174 valence electrons. The van der Waals surface area contributed by atoms with E-state index in [1.54, 1.807) is 16.8 Å². The van der Waals surface area contributed by atoms with Crippen molar-refractivity contribution in [3.05, 3.63) is 35.0 Å². The Morgan fingerprint density at radius 1 is 1.19 bits per heavy atom. The number of hydrogen-bond donors (Lipinski definition) is 1. The summed E-state index contributed by atoms with van der Waals surface area (Å²) in [4.78, 5) is 19.5. The van der Waals surface area contributed by atoms with E-state index in [9.17, 15) is 13.2 Å².